The molecule has 0 aliphatic heterocycles. The van der Waals surface area contributed by atoms with Gasteiger partial charge >= 0.3 is 5.97 Å². The van der Waals surface area contributed by atoms with E-state index in [0.29, 0.717) is 16.3 Å². The molecule has 2 aromatic carbocycles. The van der Waals surface area contributed by atoms with E-state index in [1.165, 1.54) is 19.1 Å². The Morgan fingerprint density at radius 3 is 2.44 bits per heavy atom. The molecule has 142 valence electrons. The summed E-state index contributed by atoms with van der Waals surface area (Å²) in [5, 5.41) is 0.490. The van der Waals surface area contributed by atoms with Crippen molar-refractivity contribution in [2.24, 2.45) is 0 Å². The molecule has 2 amide bonds. The first-order chi connectivity index (χ1) is 12.8. The Labute approximate surface area is 161 Å². The minimum Gasteiger partial charge on any atom is -0.479 e. The fraction of sp³-hybridized carbons (Fsp3) is 0.211. The van der Waals surface area contributed by atoms with Gasteiger partial charge in [-0.05, 0) is 55.8 Å². The molecule has 0 saturated carbocycles. The molecule has 0 aliphatic rings. The van der Waals surface area contributed by atoms with Gasteiger partial charge in [0.25, 0.3) is 11.8 Å². The molecule has 0 fully saturated rings. The number of carbonyl (C=O) groups is 3. The summed E-state index contributed by atoms with van der Waals surface area (Å²) >= 11 is 5.74. The van der Waals surface area contributed by atoms with Crippen molar-refractivity contribution in [1.29, 1.82) is 0 Å². The summed E-state index contributed by atoms with van der Waals surface area (Å²) in [7, 11) is 0. The lowest BCUT2D eigenvalue weighted by molar-refractivity contribution is -0.154. The molecular weight excluding hydrogens is 372 g/mol. The van der Waals surface area contributed by atoms with Crippen LogP contribution in [-0.4, -0.2) is 30.5 Å². The maximum absolute atomic E-state index is 11.9. The Morgan fingerprint density at radius 2 is 1.78 bits per heavy atom. The van der Waals surface area contributed by atoms with Crippen molar-refractivity contribution in [3.05, 3.63) is 64.7 Å². The Hall–Kier alpha value is -3.06. The molecule has 0 saturated heterocycles. The van der Waals surface area contributed by atoms with Gasteiger partial charge in [0, 0.05) is 10.6 Å². The Balaban J connectivity index is 1.73. The zero-order valence-corrected chi connectivity index (χ0v) is 15.6. The van der Waals surface area contributed by atoms with Crippen molar-refractivity contribution in [3.8, 4) is 5.75 Å². The van der Waals surface area contributed by atoms with Gasteiger partial charge in [-0.15, -0.1) is 0 Å². The topological polar surface area (TPSA) is 93.7 Å². The molecule has 2 aromatic rings. The maximum atomic E-state index is 11.9. The van der Waals surface area contributed by atoms with Gasteiger partial charge in [0.05, 0.1) is 0 Å². The molecule has 0 unspecified atom stereocenters. The van der Waals surface area contributed by atoms with Gasteiger partial charge in [0.15, 0.2) is 12.7 Å². The highest BCUT2D eigenvalue weighted by Gasteiger charge is 2.18. The molecule has 27 heavy (non-hydrogen) atoms. The van der Waals surface area contributed by atoms with Crippen molar-refractivity contribution in [3.63, 3.8) is 0 Å². The van der Waals surface area contributed by atoms with Crippen LogP contribution in [0.2, 0.25) is 5.02 Å². The summed E-state index contributed by atoms with van der Waals surface area (Å²) in [4.78, 5) is 35.4. The third kappa shape index (κ3) is 6.63. The monoisotopic (exact) mass is 390 g/mol. The molecule has 2 N–H and O–H groups in total. The quantitative estimate of drug-likeness (QED) is 0.583. The smallest absolute Gasteiger partial charge is 0.347 e. The molecular formula is C19H19ClN2O5. The Morgan fingerprint density at radius 1 is 1.07 bits per heavy atom. The highest BCUT2D eigenvalue weighted by Crippen LogP contribution is 2.14. The molecule has 2 rings (SSSR count). The summed E-state index contributed by atoms with van der Waals surface area (Å²) < 4.78 is 10.3. The highest BCUT2D eigenvalue weighted by atomic mass is 35.5. The number of esters is 1. The zero-order chi connectivity index (χ0) is 19.8. The first-order valence-electron chi connectivity index (χ1n) is 8.10. The summed E-state index contributed by atoms with van der Waals surface area (Å²) in [5.41, 5.74) is 5.68. The minimum absolute atomic E-state index is 0.317. The van der Waals surface area contributed by atoms with E-state index in [2.05, 4.69) is 10.9 Å². The lowest BCUT2D eigenvalue weighted by Gasteiger charge is -2.14. The van der Waals surface area contributed by atoms with Gasteiger partial charge in [-0.25, -0.2) is 4.79 Å². The molecule has 0 radical (unpaired) electrons. The van der Waals surface area contributed by atoms with E-state index in [1.54, 1.807) is 30.3 Å². The molecule has 0 heterocycles. The van der Waals surface area contributed by atoms with Gasteiger partial charge in [-0.2, -0.15) is 0 Å². The van der Waals surface area contributed by atoms with E-state index in [0.717, 1.165) is 5.56 Å². The first-order valence-corrected chi connectivity index (χ1v) is 8.47. The molecule has 0 aliphatic carbocycles. The van der Waals surface area contributed by atoms with Crippen LogP contribution in [0.4, 0.5) is 0 Å². The number of hydrogen-bond donors (Lipinski definition) is 2. The number of benzene rings is 2. The molecule has 1 atom stereocenters. The zero-order valence-electron chi connectivity index (χ0n) is 14.8. The number of carbonyl (C=O) groups excluding carboxylic acids is 3. The van der Waals surface area contributed by atoms with Crippen LogP contribution in [0.5, 0.6) is 5.75 Å². The summed E-state index contributed by atoms with van der Waals surface area (Å²) in [6.07, 6.45) is -0.886. The second-order valence-corrected chi connectivity index (χ2v) is 6.13. The van der Waals surface area contributed by atoms with E-state index in [4.69, 9.17) is 21.1 Å². The standard InChI is InChI=1S/C19H19ClN2O5/c1-12-4-3-5-16(10-12)27-13(2)19(25)26-11-17(23)21-22-18(24)14-6-8-15(20)9-7-14/h3-10,13H,11H2,1-2H3,(H,21,23)(H,22,24)/t13-/m0/s1. The lowest BCUT2D eigenvalue weighted by atomic mass is 10.2. The van der Waals surface area contributed by atoms with Crippen molar-refractivity contribution >= 4 is 29.4 Å². The number of rotatable bonds is 6. The predicted molar refractivity (Wildman–Crippen MR) is 99.3 cm³/mol. The molecule has 0 aromatic heterocycles. The average molecular weight is 391 g/mol. The van der Waals surface area contributed by atoms with Crippen LogP contribution in [0.3, 0.4) is 0 Å². The number of halogens is 1. The number of hydrogen-bond acceptors (Lipinski definition) is 5. The summed E-state index contributed by atoms with van der Waals surface area (Å²) in [5.74, 6) is -1.38. The predicted octanol–water partition coefficient (Wildman–Crippen LogP) is 2.42. The van der Waals surface area contributed by atoms with Crippen LogP contribution in [0.15, 0.2) is 48.5 Å². The van der Waals surface area contributed by atoms with E-state index >= 15 is 0 Å². The van der Waals surface area contributed by atoms with Crippen molar-refractivity contribution in [2.45, 2.75) is 20.0 Å². The van der Waals surface area contributed by atoms with Gasteiger partial charge in [0.1, 0.15) is 5.75 Å². The fourth-order valence-electron chi connectivity index (χ4n) is 2.03. The first kappa shape index (κ1) is 20.3. The number of ether oxygens (including phenoxy) is 2. The SMILES string of the molecule is Cc1cccc(O[C@@H](C)C(=O)OCC(=O)NNC(=O)c2ccc(Cl)cc2)c1. The number of hydrazine groups is 1. The van der Waals surface area contributed by atoms with Gasteiger partial charge in [-0.3, -0.25) is 20.4 Å². The van der Waals surface area contributed by atoms with E-state index in [1.807, 2.05) is 13.0 Å². The van der Waals surface area contributed by atoms with Gasteiger partial charge in [-0.1, -0.05) is 23.7 Å². The van der Waals surface area contributed by atoms with Crippen LogP contribution in [0, 0.1) is 6.92 Å². The molecule has 7 nitrogen and oxygen atoms in total. The second kappa shape index (κ2) is 9.59. The highest BCUT2D eigenvalue weighted by molar-refractivity contribution is 6.30. The van der Waals surface area contributed by atoms with Crippen molar-refractivity contribution in [1.82, 2.24) is 10.9 Å². The van der Waals surface area contributed by atoms with Gasteiger partial charge < -0.3 is 9.47 Å². The van der Waals surface area contributed by atoms with E-state index < -0.39 is 30.5 Å². The van der Waals surface area contributed by atoms with Crippen molar-refractivity contribution in [2.75, 3.05) is 6.61 Å². The van der Waals surface area contributed by atoms with Crippen molar-refractivity contribution < 1.29 is 23.9 Å². The van der Waals surface area contributed by atoms with Crippen LogP contribution in [0.1, 0.15) is 22.8 Å². The van der Waals surface area contributed by atoms with E-state index in [-0.39, 0.29) is 0 Å². The fourth-order valence-corrected chi connectivity index (χ4v) is 2.16. The van der Waals surface area contributed by atoms with Gasteiger partial charge in [0.2, 0.25) is 0 Å². The maximum Gasteiger partial charge on any atom is 0.347 e. The summed E-state index contributed by atoms with van der Waals surface area (Å²) in [6.45, 7) is 2.87. The third-order valence-corrected chi connectivity index (χ3v) is 3.65. The summed E-state index contributed by atoms with van der Waals surface area (Å²) in [6, 6.07) is 13.3. The molecule has 0 spiro atoms. The Bertz CT molecular complexity index is 823. The number of aryl methyl sites for hydroxylation is 1. The second-order valence-electron chi connectivity index (χ2n) is 5.69. The average Bonchev–Trinajstić information content (AvgIpc) is 2.64. The largest absolute Gasteiger partial charge is 0.479 e. The number of nitrogens with one attached hydrogen (secondary N) is 2. The van der Waals surface area contributed by atoms with Crippen LogP contribution in [-0.2, 0) is 14.3 Å². The van der Waals surface area contributed by atoms with Crippen LogP contribution in [0.25, 0.3) is 0 Å². The minimum atomic E-state index is -0.886. The van der Waals surface area contributed by atoms with Crippen LogP contribution >= 0.6 is 11.6 Å². The van der Waals surface area contributed by atoms with Crippen LogP contribution < -0.4 is 15.6 Å². The normalized spacial score (nSPS) is 11.2. The van der Waals surface area contributed by atoms with E-state index in [9.17, 15) is 14.4 Å². The number of amides is 2. The molecule has 8 heteroatoms. The molecule has 0 bridgehead atoms. The Kier molecular flexibility index (Phi) is 7.19. The lowest BCUT2D eigenvalue weighted by Crippen LogP contribution is -2.44. The third-order valence-electron chi connectivity index (χ3n) is 3.40.